The molecule has 1 fully saturated rings. The lowest BCUT2D eigenvalue weighted by Gasteiger charge is -2.26. The number of carbonyl (C=O) groups is 1. The molecular weight excluding hydrogens is 376 g/mol. The van der Waals surface area contributed by atoms with Crippen molar-refractivity contribution in [2.24, 2.45) is 7.05 Å². The summed E-state index contributed by atoms with van der Waals surface area (Å²) in [5.74, 6) is 1.41. The number of amides is 1. The minimum absolute atomic E-state index is 0.195. The lowest BCUT2D eigenvalue weighted by molar-refractivity contribution is -0.129. The molecule has 23 heavy (non-hydrogen) atoms. The first-order chi connectivity index (χ1) is 11.2. The van der Waals surface area contributed by atoms with Crippen LogP contribution in [-0.2, 0) is 11.8 Å². The first-order valence-corrected chi connectivity index (χ1v) is 9.49. The van der Waals surface area contributed by atoms with E-state index < -0.39 is 0 Å². The Hall–Kier alpha value is -1.34. The summed E-state index contributed by atoms with van der Waals surface area (Å²) < 4.78 is 2.92. The highest BCUT2D eigenvalue weighted by Gasteiger charge is 2.19. The predicted molar refractivity (Wildman–Crippen MR) is 95.3 cm³/mol. The molecule has 5 nitrogen and oxygen atoms in total. The number of nitrogens with zero attached hydrogens (tertiary/aromatic N) is 4. The molecule has 1 aromatic carbocycles. The van der Waals surface area contributed by atoms with E-state index in [4.69, 9.17) is 0 Å². The molecule has 0 saturated carbocycles. The summed E-state index contributed by atoms with van der Waals surface area (Å²) in [6.07, 6.45) is 3.47. The van der Waals surface area contributed by atoms with E-state index in [2.05, 4.69) is 26.1 Å². The highest BCUT2D eigenvalue weighted by atomic mass is 79.9. The lowest BCUT2D eigenvalue weighted by atomic mass is 10.1. The predicted octanol–water partition coefficient (Wildman–Crippen LogP) is 3.35. The molecule has 2 aromatic rings. The van der Waals surface area contributed by atoms with E-state index in [1.54, 1.807) is 0 Å². The van der Waals surface area contributed by atoms with Crippen molar-refractivity contribution < 1.29 is 4.79 Å². The summed E-state index contributed by atoms with van der Waals surface area (Å²) in [4.78, 5) is 14.2. The molecule has 7 heteroatoms. The maximum absolute atomic E-state index is 12.3. The van der Waals surface area contributed by atoms with E-state index in [0.717, 1.165) is 46.9 Å². The zero-order chi connectivity index (χ0) is 16.2. The number of thioether (sulfide) groups is 1. The Balaban J connectivity index is 1.68. The average molecular weight is 395 g/mol. The lowest BCUT2D eigenvalue weighted by Crippen LogP contribution is -2.36. The molecule has 0 aliphatic carbocycles. The van der Waals surface area contributed by atoms with Crippen LogP contribution in [0.3, 0.4) is 0 Å². The number of piperidine rings is 1. The highest BCUT2D eigenvalue weighted by Crippen LogP contribution is 2.28. The van der Waals surface area contributed by atoms with Gasteiger partial charge in [-0.15, -0.1) is 10.2 Å². The number of likely N-dealkylation sites (tertiary alicyclic amines) is 1. The summed E-state index contributed by atoms with van der Waals surface area (Å²) in [5, 5.41) is 9.27. The summed E-state index contributed by atoms with van der Waals surface area (Å²) in [6, 6.07) is 7.93. The van der Waals surface area contributed by atoms with Crippen LogP contribution in [0.1, 0.15) is 19.3 Å². The Kier molecular flexibility index (Phi) is 5.38. The van der Waals surface area contributed by atoms with Gasteiger partial charge in [0, 0.05) is 30.2 Å². The Morgan fingerprint density at radius 3 is 2.70 bits per heavy atom. The van der Waals surface area contributed by atoms with Crippen molar-refractivity contribution in [2.75, 3.05) is 18.8 Å². The van der Waals surface area contributed by atoms with Crippen LogP contribution in [0.2, 0.25) is 0 Å². The van der Waals surface area contributed by atoms with Crippen molar-refractivity contribution in [1.29, 1.82) is 0 Å². The Morgan fingerprint density at radius 1 is 1.22 bits per heavy atom. The normalized spacial score (nSPS) is 15.0. The fourth-order valence-corrected chi connectivity index (χ4v) is 3.95. The molecule has 0 spiro atoms. The van der Waals surface area contributed by atoms with Crippen molar-refractivity contribution in [1.82, 2.24) is 19.7 Å². The molecule has 122 valence electrons. The quantitative estimate of drug-likeness (QED) is 0.746. The second-order valence-electron chi connectivity index (χ2n) is 5.58. The van der Waals surface area contributed by atoms with Crippen LogP contribution in [0.25, 0.3) is 11.4 Å². The van der Waals surface area contributed by atoms with Crippen molar-refractivity contribution in [2.45, 2.75) is 24.4 Å². The fourth-order valence-electron chi connectivity index (χ4n) is 2.68. The van der Waals surface area contributed by atoms with Crippen LogP contribution in [0.4, 0.5) is 0 Å². The van der Waals surface area contributed by atoms with Gasteiger partial charge in [0.25, 0.3) is 0 Å². The molecule has 1 aromatic heterocycles. The van der Waals surface area contributed by atoms with Crippen molar-refractivity contribution in [3.8, 4) is 11.4 Å². The number of benzene rings is 1. The third kappa shape index (κ3) is 3.77. The maximum atomic E-state index is 12.3. The van der Waals surface area contributed by atoms with Gasteiger partial charge in [-0.05, 0) is 25.3 Å². The van der Waals surface area contributed by atoms with Gasteiger partial charge in [-0.1, -0.05) is 45.9 Å². The van der Waals surface area contributed by atoms with Crippen LogP contribution in [0.5, 0.6) is 0 Å². The smallest absolute Gasteiger partial charge is 0.233 e. The molecule has 1 amide bonds. The molecule has 1 aliphatic heterocycles. The molecule has 3 rings (SSSR count). The van der Waals surface area contributed by atoms with Crippen molar-refractivity contribution in [3.63, 3.8) is 0 Å². The number of hydrogen-bond acceptors (Lipinski definition) is 4. The van der Waals surface area contributed by atoms with Crippen LogP contribution in [0.15, 0.2) is 33.9 Å². The second-order valence-corrected chi connectivity index (χ2v) is 7.37. The van der Waals surface area contributed by atoms with Gasteiger partial charge < -0.3 is 9.47 Å². The molecule has 0 N–H and O–H groups in total. The second kappa shape index (κ2) is 7.49. The minimum Gasteiger partial charge on any atom is -0.342 e. The molecule has 0 radical (unpaired) electrons. The minimum atomic E-state index is 0.195. The molecule has 0 unspecified atom stereocenters. The van der Waals surface area contributed by atoms with Gasteiger partial charge in [-0.25, -0.2) is 0 Å². The number of hydrogen-bond donors (Lipinski definition) is 0. The molecule has 1 saturated heterocycles. The Bertz CT molecular complexity index is 697. The SMILES string of the molecule is Cn1c(SCC(=O)N2CCCCC2)nnc1-c1ccccc1Br. The van der Waals surface area contributed by atoms with Gasteiger partial charge in [-0.2, -0.15) is 0 Å². The summed E-state index contributed by atoms with van der Waals surface area (Å²) in [5.41, 5.74) is 0.997. The zero-order valence-corrected chi connectivity index (χ0v) is 15.4. The van der Waals surface area contributed by atoms with Gasteiger partial charge in [0.1, 0.15) is 0 Å². The maximum Gasteiger partial charge on any atom is 0.233 e. The van der Waals surface area contributed by atoms with Crippen LogP contribution in [0, 0.1) is 0 Å². The van der Waals surface area contributed by atoms with Crippen LogP contribution >= 0.6 is 27.7 Å². The van der Waals surface area contributed by atoms with Crippen molar-refractivity contribution >= 4 is 33.6 Å². The van der Waals surface area contributed by atoms with Crippen LogP contribution in [-0.4, -0.2) is 44.4 Å². The topological polar surface area (TPSA) is 51.0 Å². The van der Waals surface area contributed by atoms with Crippen LogP contribution < -0.4 is 0 Å². The van der Waals surface area contributed by atoms with E-state index in [1.807, 2.05) is 40.8 Å². The Labute approximate surface area is 148 Å². The van der Waals surface area contributed by atoms with E-state index in [0.29, 0.717) is 5.75 Å². The van der Waals surface area contributed by atoms with E-state index >= 15 is 0 Å². The molecule has 1 aliphatic rings. The highest BCUT2D eigenvalue weighted by molar-refractivity contribution is 9.10. The largest absolute Gasteiger partial charge is 0.342 e. The number of aromatic nitrogens is 3. The Morgan fingerprint density at radius 2 is 1.96 bits per heavy atom. The first-order valence-electron chi connectivity index (χ1n) is 7.71. The summed E-state index contributed by atoms with van der Waals surface area (Å²) in [7, 11) is 1.93. The molecule has 0 bridgehead atoms. The zero-order valence-electron chi connectivity index (χ0n) is 13.0. The van der Waals surface area contributed by atoms with E-state index in [1.165, 1.54) is 18.2 Å². The van der Waals surface area contributed by atoms with Crippen molar-refractivity contribution in [3.05, 3.63) is 28.7 Å². The number of carbonyl (C=O) groups excluding carboxylic acids is 1. The number of rotatable bonds is 4. The molecule has 2 heterocycles. The third-order valence-corrected chi connectivity index (χ3v) is 5.68. The van der Waals surface area contributed by atoms with E-state index in [9.17, 15) is 4.79 Å². The molecule has 0 atom stereocenters. The monoisotopic (exact) mass is 394 g/mol. The summed E-state index contributed by atoms with van der Waals surface area (Å²) >= 11 is 5.00. The average Bonchev–Trinajstić information content (AvgIpc) is 2.94. The number of halogens is 1. The van der Waals surface area contributed by atoms with Gasteiger partial charge in [-0.3, -0.25) is 4.79 Å². The molecular formula is C16H19BrN4OS. The standard InChI is InChI=1S/C16H19BrN4OS/c1-20-15(12-7-3-4-8-13(12)17)18-19-16(20)23-11-14(22)21-9-5-2-6-10-21/h3-4,7-8H,2,5-6,9-11H2,1H3. The van der Waals surface area contributed by atoms with Gasteiger partial charge in [0.15, 0.2) is 11.0 Å². The first kappa shape index (κ1) is 16.5. The third-order valence-electron chi connectivity index (χ3n) is 3.98. The van der Waals surface area contributed by atoms with Gasteiger partial charge in [0.05, 0.1) is 5.75 Å². The van der Waals surface area contributed by atoms with Gasteiger partial charge in [0.2, 0.25) is 5.91 Å². The van der Waals surface area contributed by atoms with Gasteiger partial charge >= 0.3 is 0 Å². The summed E-state index contributed by atoms with van der Waals surface area (Å²) in [6.45, 7) is 1.78. The van der Waals surface area contributed by atoms with E-state index in [-0.39, 0.29) is 5.91 Å². The fraction of sp³-hybridized carbons (Fsp3) is 0.438.